The lowest BCUT2D eigenvalue weighted by Crippen LogP contribution is -2.35. The fourth-order valence-corrected chi connectivity index (χ4v) is 3.17. The minimum Gasteiger partial charge on any atom is -0.493 e. The Hall–Kier alpha value is -2.04. The third-order valence-corrected chi connectivity index (χ3v) is 4.47. The first-order chi connectivity index (χ1) is 12.5. The minimum absolute atomic E-state index is 0.284. The molecule has 0 saturated heterocycles. The first-order valence-electron chi connectivity index (χ1n) is 9.20. The van der Waals surface area contributed by atoms with E-state index in [2.05, 4.69) is 25.2 Å². The predicted molar refractivity (Wildman–Crippen MR) is 106 cm³/mol. The van der Waals surface area contributed by atoms with Crippen LogP contribution in [0.15, 0.2) is 48.5 Å². The van der Waals surface area contributed by atoms with Crippen molar-refractivity contribution in [3.05, 3.63) is 59.7 Å². The molecule has 2 atom stereocenters. The zero-order valence-corrected chi connectivity index (χ0v) is 16.2. The molecule has 2 rings (SSSR count). The van der Waals surface area contributed by atoms with E-state index in [9.17, 15) is 5.11 Å². The lowest BCUT2D eigenvalue weighted by atomic mass is 9.96. The van der Waals surface area contributed by atoms with E-state index in [4.69, 9.17) is 9.47 Å². The molecule has 0 spiro atoms. The molecule has 2 aromatic rings. The molecule has 0 aliphatic carbocycles. The van der Waals surface area contributed by atoms with E-state index in [0.29, 0.717) is 12.5 Å². The van der Waals surface area contributed by atoms with Crippen molar-refractivity contribution in [3.8, 4) is 11.5 Å². The summed E-state index contributed by atoms with van der Waals surface area (Å²) in [4.78, 5) is 0. The maximum absolute atomic E-state index is 10.4. The number of methoxy groups -OCH3 is 2. The van der Waals surface area contributed by atoms with Crippen LogP contribution in [0.1, 0.15) is 37.5 Å². The fourth-order valence-electron chi connectivity index (χ4n) is 3.17. The van der Waals surface area contributed by atoms with Crippen LogP contribution in [0.25, 0.3) is 0 Å². The van der Waals surface area contributed by atoms with E-state index >= 15 is 0 Å². The van der Waals surface area contributed by atoms with E-state index in [-0.39, 0.29) is 6.04 Å². The van der Waals surface area contributed by atoms with Crippen molar-refractivity contribution >= 4 is 0 Å². The molecule has 4 nitrogen and oxygen atoms in total. The third kappa shape index (κ3) is 6.04. The van der Waals surface area contributed by atoms with Crippen LogP contribution in [0.2, 0.25) is 0 Å². The summed E-state index contributed by atoms with van der Waals surface area (Å²) in [5.74, 6) is 2.06. The smallest absolute Gasteiger partial charge is 0.160 e. The predicted octanol–water partition coefficient (Wildman–Crippen LogP) is 3.98. The molecule has 0 aliphatic heterocycles. The van der Waals surface area contributed by atoms with Gasteiger partial charge in [-0.2, -0.15) is 0 Å². The van der Waals surface area contributed by atoms with Crippen LogP contribution in [0.5, 0.6) is 11.5 Å². The van der Waals surface area contributed by atoms with Gasteiger partial charge in [0.05, 0.1) is 20.3 Å². The van der Waals surface area contributed by atoms with Crippen LogP contribution in [-0.4, -0.2) is 31.9 Å². The minimum atomic E-state index is -0.503. The second kappa shape index (κ2) is 10.2. The van der Waals surface area contributed by atoms with Crippen molar-refractivity contribution in [2.45, 2.75) is 38.8 Å². The van der Waals surface area contributed by atoms with Crippen LogP contribution >= 0.6 is 0 Å². The quantitative estimate of drug-likeness (QED) is 0.675. The number of nitrogens with one attached hydrogen (secondary N) is 1. The number of hydrogen-bond acceptors (Lipinski definition) is 4. The molecule has 4 heteroatoms. The lowest BCUT2D eigenvalue weighted by molar-refractivity contribution is 0.167. The van der Waals surface area contributed by atoms with Gasteiger partial charge in [0, 0.05) is 12.6 Å². The van der Waals surface area contributed by atoms with Crippen LogP contribution in [0.4, 0.5) is 0 Å². The monoisotopic (exact) mass is 357 g/mol. The summed E-state index contributed by atoms with van der Waals surface area (Å²) in [5.41, 5.74) is 2.13. The lowest BCUT2D eigenvalue weighted by Gasteiger charge is -2.23. The van der Waals surface area contributed by atoms with Gasteiger partial charge in [-0.3, -0.25) is 0 Å². The summed E-state index contributed by atoms with van der Waals surface area (Å²) in [6.07, 6.45) is 1.41. The average molecular weight is 357 g/mol. The van der Waals surface area contributed by atoms with Crippen molar-refractivity contribution < 1.29 is 14.6 Å². The normalized spacial score (nSPS) is 13.5. The second-order valence-corrected chi connectivity index (χ2v) is 7.05. The Morgan fingerprint density at radius 2 is 1.65 bits per heavy atom. The summed E-state index contributed by atoms with van der Waals surface area (Å²) >= 11 is 0. The Labute approximate surface area is 157 Å². The van der Waals surface area contributed by atoms with Gasteiger partial charge in [0.15, 0.2) is 11.5 Å². The molecular formula is C22H31NO3. The summed E-state index contributed by atoms with van der Waals surface area (Å²) in [7, 11) is 3.30. The highest BCUT2D eigenvalue weighted by atomic mass is 16.5. The van der Waals surface area contributed by atoms with Gasteiger partial charge in [0.1, 0.15) is 0 Å². The van der Waals surface area contributed by atoms with Crippen LogP contribution in [0, 0.1) is 5.92 Å². The molecule has 0 saturated carbocycles. The molecule has 0 amide bonds. The summed E-state index contributed by atoms with van der Waals surface area (Å²) in [6, 6.07) is 16.1. The van der Waals surface area contributed by atoms with Crippen molar-refractivity contribution in [2.24, 2.45) is 5.92 Å². The standard InChI is InChI=1S/C22H31NO3/c1-16(2)12-19(23-15-20(24)18-8-6-5-7-9-18)13-17-10-11-21(25-3)22(14-17)26-4/h5-11,14,16,19-20,23-24H,12-13,15H2,1-4H3. The molecule has 26 heavy (non-hydrogen) atoms. The molecular weight excluding hydrogens is 326 g/mol. The Bertz CT molecular complexity index is 658. The molecule has 2 N–H and O–H groups in total. The van der Waals surface area contributed by atoms with Crippen molar-refractivity contribution in [2.75, 3.05) is 20.8 Å². The van der Waals surface area contributed by atoms with E-state index in [1.807, 2.05) is 42.5 Å². The summed E-state index contributed by atoms with van der Waals surface area (Å²) in [5, 5.41) is 14.0. The Kier molecular flexibility index (Phi) is 7.95. The molecule has 0 heterocycles. The van der Waals surface area contributed by atoms with Gasteiger partial charge < -0.3 is 19.9 Å². The van der Waals surface area contributed by atoms with Crippen molar-refractivity contribution in [1.29, 1.82) is 0 Å². The van der Waals surface area contributed by atoms with Gasteiger partial charge in [-0.1, -0.05) is 50.2 Å². The average Bonchev–Trinajstić information content (AvgIpc) is 2.66. The molecule has 142 valence electrons. The Balaban J connectivity index is 2.03. The fraction of sp³-hybridized carbons (Fsp3) is 0.455. The maximum atomic E-state index is 10.4. The number of hydrogen-bond donors (Lipinski definition) is 2. The van der Waals surface area contributed by atoms with Gasteiger partial charge in [-0.05, 0) is 42.0 Å². The molecule has 0 aromatic heterocycles. The van der Waals surface area contributed by atoms with Crippen molar-refractivity contribution in [1.82, 2.24) is 5.32 Å². The molecule has 0 bridgehead atoms. The van der Waals surface area contributed by atoms with Crippen LogP contribution in [0.3, 0.4) is 0 Å². The first-order valence-corrected chi connectivity index (χ1v) is 9.20. The number of aliphatic hydroxyl groups excluding tert-OH is 1. The number of ether oxygens (including phenoxy) is 2. The zero-order chi connectivity index (χ0) is 18.9. The van der Waals surface area contributed by atoms with Gasteiger partial charge in [-0.15, -0.1) is 0 Å². The van der Waals surface area contributed by atoms with E-state index in [1.165, 1.54) is 5.56 Å². The first kappa shape index (κ1) is 20.3. The second-order valence-electron chi connectivity index (χ2n) is 7.05. The Morgan fingerprint density at radius 1 is 0.962 bits per heavy atom. The molecule has 2 unspecified atom stereocenters. The van der Waals surface area contributed by atoms with E-state index in [0.717, 1.165) is 29.9 Å². The highest BCUT2D eigenvalue weighted by Gasteiger charge is 2.15. The largest absolute Gasteiger partial charge is 0.493 e. The van der Waals surface area contributed by atoms with Crippen LogP contribution in [-0.2, 0) is 6.42 Å². The van der Waals surface area contributed by atoms with Gasteiger partial charge in [-0.25, -0.2) is 0 Å². The van der Waals surface area contributed by atoms with E-state index < -0.39 is 6.10 Å². The highest BCUT2D eigenvalue weighted by molar-refractivity contribution is 5.43. The van der Waals surface area contributed by atoms with Crippen LogP contribution < -0.4 is 14.8 Å². The zero-order valence-electron chi connectivity index (χ0n) is 16.2. The summed E-state index contributed by atoms with van der Waals surface area (Å²) < 4.78 is 10.7. The summed E-state index contributed by atoms with van der Waals surface area (Å²) in [6.45, 7) is 4.97. The molecule has 0 fully saturated rings. The van der Waals surface area contributed by atoms with Gasteiger partial charge in [0.25, 0.3) is 0 Å². The van der Waals surface area contributed by atoms with Gasteiger partial charge in [0.2, 0.25) is 0 Å². The topological polar surface area (TPSA) is 50.7 Å². The molecule has 0 aliphatic rings. The molecule has 2 aromatic carbocycles. The number of rotatable bonds is 10. The molecule has 0 radical (unpaired) electrons. The highest BCUT2D eigenvalue weighted by Crippen LogP contribution is 2.28. The SMILES string of the molecule is COc1ccc(CC(CC(C)C)NCC(O)c2ccccc2)cc1OC. The maximum Gasteiger partial charge on any atom is 0.160 e. The van der Waals surface area contributed by atoms with E-state index in [1.54, 1.807) is 14.2 Å². The number of benzene rings is 2. The van der Waals surface area contributed by atoms with Crippen molar-refractivity contribution in [3.63, 3.8) is 0 Å². The Morgan fingerprint density at radius 3 is 2.27 bits per heavy atom. The van der Waals surface area contributed by atoms with Gasteiger partial charge >= 0.3 is 0 Å². The number of aliphatic hydroxyl groups is 1. The third-order valence-electron chi connectivity index (χ3n) is 4.47.